The molecule has 0 aliphatic rings. The zero-order valence-electron chi connectivity index (χ0n) is 9.13. The minimum absolute atomic E-state index is 0.181. The minimum atomic E-state index is -0.437. The first-order valence-electron chi connectivity index (χ1n) is 5.04. The summed E-state index contributed by atoms with van der Waals surface area (Å²) in [6.45, 7) is 0. The van der Waals surface area contributed by atoms with Crippen LogP contribution in [0.15, 0.2) is 36.5 Å². The van der Waals surface area contributed by atoms with Crippen molar-refractivity contribution in [2.75, 3.05) is 5.32 Å². The molecule has 0 bridgehead atoms. The maximum absolute atomic E-state index is 11.8. The van der Waals surface area contributed by atoms with Crippen molar-refractivity contribution in [3.63, 3.8) is 0 Å². The fourth-order valence-electron chi connectivity index (χ4n) is 1.30. The molecule has 0 saturated carbocycles. The Morgan fingerprint density at radius 3 is 2.89 bits per heavy atom. The van der Waals surface area contributed by atoms with Gasteiger partial charge < -0.3 is 5.32 Å². The first-order chi connectivity index (χ1) is 8.69. The van der Waals surface area contributed by atoms with E-state index in [-0.39, 0.29) is 17.2 Å². The molecular formula is C12H8ClN3O2. The Kier molecular flexibility index (Phi) is 3.64. The van der Waals surface area contributed by atoms with Crippen molar-refractivity contribution in [1.29, 1.82) is 0 Å². The second kappa shape index (κ2) is 5.37. The van der Waals surface area contributed by atoms with E-state index in [0.29, 0.717) is 11.3 Å². The van der Waals surface area contributed by atoms with E-state index in [4.69, 9.17) is 11.6 Å². The Hall–Kier alpha value is -2.27. The highest BCUT2D eigenvalue weighted by atomic mass is 35.5. The van der Waals surface area contributed by atoms with Crippen LogP contribution in [-0.4, -0.2) is 22.2 Å². The van der Waals surface area contributed by atoms with Gasteiger partial charge in [-0.15, -0.1) is 0 Å². The Bertz CT molecular complexity index is 601. The number of carbonyl (C=O) groups is 2. The first kappa shape index (κ1) is 12.2. The van der Waals surface area contributed by atoms with Crippen LogP contribution in [0, 0.1) is 0 Å². The van der Waals surface area contributed by atoms with E-state index in [2.05, 4.69) is 15.3 Å². The van der Waals surface area contributed by atoms with Gasteiger partial charge in [0, 0.05) is 11.2 Å². The van der Waals surface area contributed by atoms with Crippen LogP contribution in [0.4, 0.5) is 5.82 Å². The van der Waals surface area contributed by atoms with Crippen LogP contribution >= 0.6 is 11.6 Å². The number of hydrogen-bond donors (Lipinski definition) is 1. The summed E-state index contributed by atoms with van der Waals surface area (Å²) in [6, 6.07) is 7.76. The SMILES string of the molecule is O=Cc1cccc(NC(=O)c2cc(Cl)ccn2)n1. The molecule has 2 aromatic heterocycles. The summed E-state index contributed by atoms with van der Waals surface area (Å²) >= 11 is 5.76. The van der Waals surface area contributed by atoms with E-state index in [0.717, 1.165) is 0 Å². The maximum atomic E-state index is 11.8. The van der Waals surface area contributed by atoms with Crippen LogP contribution in [0.1, 0.15) is 21.0 Å². The Morgan fingerprint density at radius 2 is 2.17 bits per heavy atom. The van der Waals surface area contributed by atoms with Crippen molar-refractivity contribution >= 4 is 29.6 Å². The van der Waals surface area contributed by atoms with Gasteiger partial charge in [-0.2, -0.15) is 0 Å². The van der Waals surface area contributed by atoms with E-state index in [9.17, 15) is 9.59 Å². The highest BCUT2D eigenvalue weighted by Gasteiger charge is 2.08. The number of hydrogen-bond acceptors (Lipinski definition) is 4. The predicted molar refractivity (Wildman–Crippen MR) is 66.8 cm³/mol. The van der Waals surface area contributed by atoms with Crippen molar-refractivity contribution in [2.45, 2.75) is 0 Å². The lowest BCUT2D eigenvalue weighted by Crippen LogP contribution is -2.14. The molecule has 0 aliphatic heterocycles. The molecule has 1 N–H and O–H groups in total. The fraction of sp³-hybridized carbons (Fsp3) is 0. The molecule has 0 spiro atoms. The molecule has 0 atom stereocenters. The molecular weight excluding hydrogens is 254 g/mol. The number of amides is 1. The van der Waals surface area contributed by atoms with Gasteiger partial charge in [0.15, 0.2) is 6.29 Å². The van der Waals surface area contributed by atoms with Gasteiger partial charge in [-0.25, -0.2) is 4.98 Å². The highest BCUT2D eigenvalue weighted by Crippen LogP contribution is 2.10. The number of aldehydes is 1. The number of rotatable bonds is 3. The van der Waals surface area contributed by atoms with Crippen molar-refractivity contribution in [3.05, 3.63) is 52.9 Å². The standard InChI is InChI=1S/C12H8ClN3O2/c13-8-4-5-14-10(6-8)12(18)16-11-3-1-2-9(7-17)15-11/h1-7H,(H,15,16,18). The van der Waals surface area contributed by atoms with Gasteiger partial charge in [-0.05, 0) is 24.3 Å². The van der Waals surface area contributed by atoms with Crippen molar-refractivity contribution < 1.29 is 9.59 Å². The van der Waals surface area contributed by atoms with Gasteiger partial charge in [-0.3, -0.25) is 14.6 Å². The van der Waals surface area contributed by atoms with E-state index >= 15 is 0 Å². The molecule has 5 nitrogen and oxygen atoms in total. The zero-order valence-corrected chi connectivity index (χ0v) is 9.89. The summed E-state index contributed by atoms with van der Waals surface area (Å²) < 4.78 is 0. The maximum Gasteiger partial charge on any atom is 0.275 e. The number of carbonyl (C=O) groups excluding carboxylic acids is 2. The third kappa shape index (κ3) is 2.89. The van der Waals surface area contributed by atoms with Gasteiger partial charge in [0.2, 0.25) is 0 Å². The number of nitrogens with one attached hydrogen (secondary N) is 1. The molecule has 0 saturated heterocycles. The summed E-state index contributed by atoms with van der Waals surface area (Å²) in [7, 11) is 0. The lowest BCUT2D eigenvalue weighted by molar-refractivity contribution is 0.102. The monoisotopic (exact) mass is 261 g/mol. The van der Waals surface area contributed by atoms with Crippen LogP contribution in [0.2, 0.25) is 5.02 Å². The molecule has 2 rings (SSSR count). The zero-order chi connectivity index (χ0) is 13.0. The summed E-state index contributed by atoms with van der Waals surface area (Å²) in [6.07, 6.45) is 2.04. The molecule has 0 aliphatic carbocycles. The molecule has 18 heavy (non-hydrogen) atoms. The molecule has 6 heteroatoms. The lowest BCUT2D eigenvalue weighted by atomic mass is 10.3. The molecule has 90 valence electrons. The van der Waals surface area contributed by atoms with Crippen LogP contribution in [0.3, 0.4) is 0 Å². The quantitative estimate of drug-likeness (QED) is 0.860. The van der Waals surface area contributed by atoms with Gasteiger partial charge >= 0.3 is 0 Å². The Balaban J connectivity index is 2.18. The molecule has 2 heterocycles. The normalized spacial score (nSPS) is 9.83. The highest BCUT2D eigenvalue weighted by molar-refractivity contribution is 6.30. The molecule has 2 aromatic rings. The third-order valence-corrected chi connectivity index (χ3v) is 2.32. The fourth-order valence-corrected chi connectivity index (χ4v) is 1.46. The molecule has 0 radical (unpaired) electrons. The van der Waals surface area contributed by atoms with E-state index < -0.39 is 5.91 Å². The Morgan fingerprint density at radius 1 is 1.33 bits per heavy atom. The number of pyridine rings is 2. The number of nitrogens with zero attached hydrogens (tertiary/aromatic N) is 2. The van der Waals surface area contributed by atoms with Crippen LogP contribution < -0.4 is 5.32 Å². The first-order valence-corrected chi connectivity index (χ1v) is 5.42. The second-order valence-corrected chi connectivity index (χ2v) is 3.82. The molecule has 0 fully saturated rings. The van der Waals surface area contributed by atoms with Crippen molar-refractivity contribution in [3.8, 4) is 0 Å². The van der Waals surface area contributed by atoms with Crippen molar-refractivity contribution in [2.24, 2.45) is 0 Å². The second-order valence-electron chi connectivity index (χ2n) is 3.38. The number of aromatic nitrogens is 2. The van der Waals surface area contributed by atoms with Gasteiger partial charge in [-0.1, -0.05) is 17.7 Å². The summed E-state index contributed by atoms with van der Waals surface area (Å²) in [5.74, 6) is -0.153. The number of halogens is 1. The van der Waals surface area contributed by atoms with Crippen molar-refractivity contribution in [1.82, 2.24) is 9.97 Å². The topological polar surface area (TPSA) is 72.0 Å². The third-order valence-electron chi connectivity index (χ3n) is 2.09. The molecule has 0 unspecified atom stereocenters. The van der Waals surface area contributed by atoms with E-state index in [1.165, 1.54) is 12.3 Å². The summed E-state index contributed by atoms with van der Waals surface area (Å²) in [5, 5.41) is 2.95. The van der Waals surface area contributed by atoms with Crippen LogP contribution in [0.25, 0.3) is 0 Å². The largest absolute Gasteiger partial charge is 0.305 e. The molecule has 1 amide bonds. The average Bonchev–Trinajstić information content (AvgIpc) is 2.39. The van der Waals surface area contributed by atoms with E-state index in [1.807, 2.05) is 0 Å². The minimum Gasteiger partial charge on any atom is -0.305 e. The summed E-state index contributed by atoms with van der Waals surface area (Å²) in [4.78, 5) is 30.2. The van der Waals surface area contributed by atoms with Gasteiger partial charge in [0.1, 0.15) is 17.2 Å². The number of anilines is 1. The van der Waals surface area contributed by atoms with Gasteiger partial charge in [0.05, 0.1) is 0 Å². The smallest absolute Gasteiger partial charge is 0.275 e. The predicted octanol–water partition coefficient (Wildman–Crippen LogP) is 2.19. The van der Waals surface area contributed by atoms with Crippen LogP contribution in [-0.2, 0) is 0 Å². The Labute approximate surface area is 108 Å². The van der Waals surface area contributed by atoms with E-state index in [1.54, 1.807) is 24.3 Å². The average molecular weight is 262 g/mol. The lowest BCUT2D eigenvalue weighted by Gasteiger charge is -2.04. The van der Waals surface area contributed by atoms with Crippen LogP contribution in [0.5, 0.6) is 0 Å². The van der Waals surface area contributed by atoms with Gasteiger partial charge in [0.25, 0.3) is 5.91 Å². The molecule has 0 aromatic carbocycles. The summed E-state index contributed by atoms with van der Waals surface area (Å²) in [5.41, 5.74) is 0.424.